The molecule has 110 valence electrons. The summed E-state index contributed by atoms with van der Waals surface area (Å²) in [6.07, 6.45) is 3.55. The summed E-state index contributed by atoms with van der Waals surface area (Å²) < 4.78 is 0. The van der Waals surface area contributed by atoms with E-state index in [1.807, 2.05) is 12.1 Å². The molecular formula is C16H26N4. The van der Waals surface area contributed by atoms with Crippen LogP contribution in [0, 0.1) is 5.92 Å². The van der Waals surface area contributed by atoms with E-state index in [2.05, 4.69) is 41.3 Å². The number of aliphatic imine (C=N–C) groups is 1. The van der Waals surface area contributed by atoms with Crippen molar-refractivity contribution >= 4 is 11.6 Å². The van der Waals surface area contributed by atoms with Gasteiger partial charge in [-0.15, -0.1) is 0 Å². The number of hydrogen-bond donors (Lipinski definition) is 2. The first-order valence-corrected chi connectivity index (χ1v) is 7.51. The molecule has 3 N–H and O–H groups in total. The van der Waals surface area contributed by atoms with Crippen LogP contribution in [0.2, 0.25) is 0 Å². The van der Waals surface area contributed by atoms with Crippen LogP contribution in [-0.2, 0) is 6.42 Å². The first-order chi connectivity index (χ1) is 9.67. The van der Waals surface area contributed by atoms with E-state index in [9.17, 15) is 0 Å². The predicted octanol–water partition coefficient (Wildman–Crippen LogP) is 2.32. The second-order valence-corrected chi connectivity index (χ2v) is 5.68. The molecule has 1 aliphatic heterocycles. The summed E-state index contributed by atoms with van der Waals surface area (Å²) in [4.78, 5) is 6.86. The number of piperidine rings is 1. The van der Waals surface area contributed by atoms with Crippen LogP contribution in [-0.4, -0.2) is 37.5 Å². The number of nitrogens with zero attached hydrogens (tertiary/aromatic N) is 2. The third-order valence-electron chi connectivity index (χ3n) is 3.85. The Bertz CT molecular complexity index is 456. The molecule has 1 fully saturated rings. The first kappa shape index (κ1) is 14.9. The van der Waals surface area contributed by atoms with Gasteiger partial charge >= 0.3 is 0 Å². The second kappa shape index (κ2) is 7.29. The highest BCUT2D eigenvalue weighted by molar-refractivity contribution is 5.92. The van der Waals surface area contributed by atoms with Crippen LogP contribution in [0.1, 0.15) is 25.3 Å². The third-order valence-corrected chi connectivity index (χ3v) is 3.85. The fourth-order valence-corrected chi connectivity index (χ4v) is 2.71. The van der Waals surface area contributed by atoms with Crippen LogP contribution in [0.15, 0.2) is 29.3 Å². The maximum atomic E-state index is 5.97. The lowest BCUT2D eigenvalue weighted by Crippen LogP contribution is -2.34. The number of rotatable bonds is 4. The second-order valence-electron chi connectivity index (χ2n) is 5.68. The van der Waals surface area contributed by atoms with Gasteiger partial charge in [0.1, 0.15) is 0 Å². The van der Waals surface area contributed by atoms with Gasteiger partial charge in [0.25, 0.3) is 0 Å². The molecule has 0 bridgehead atoms. The quantitative estimate of drug-likeness (QED) is 0.654. The number of nitrogens with two attached hydrogens (primary N) is 1. The van der Waals surface area contributed by atoms with Crippen molar-refractivity contribution in [1.82, 2.24) is 4.90 Å². The third kappa shape index (κ3) is 4.53. The number of likely N-dealkylation sites (tertiary alicyclic amines) is 1. The van der Waals surface area contributed by atoms with Crippen molar-refractivity contribution in [2.45, 2.75) is 26.2 Å². The monoisotopic (exact) mass is 274 g/mol. The average molecular weight is 274 g/mol. The van der Waals surface area contributed by atoms with Crippen LogP contribution >= 0.6 is 0 Å². The highest BCUT2D eigenvalue weighted by Gasteiger charge is 2.16. The molecule has 1 aromatic carbocycles. The minimum Gasteiger partial charge on any atom is -0.370 e. The molecule has 1 aliphatic rings. The minimum absolute atomic E-state index is 0.520. The van der Waals surface area contributed by atoms with Gasteiger partial charge in [-0.05, 0) is 56.5 Å². The molecule has 1 aromatic rings. The van der Waals surface area contributed by atoms with E-state index in [1.54, 1.807) is 0 Å². The van der Waals surface area contributed by atoms with Crippen LogP contribution in [0.5, 0.6) is 0 Å². The van der Waals surface area contributed by atoms with Crippen molar-refractivity contribution in [3.8, 4) is 0 Å². The van der Waals surface area contributed by atoms with Gasteiger partial charge in [0.05, 0.1) is 0 Å². The Morgan fingerprint density at radius 1 is 1.50 bits per heavy atom. The maximum absolute atomic E-state index is 5.97. The standard InChI is InChI=1S/C16H26N4/c1-3-13-6-4-8-15(10-13)19-16(17)18-11-14-7-5-9-20(2)12-14/h4,6,8,10,14H,3,5,7,9,11-12H2,1-2H3,(H3,17,18,19). The van der Waals surface area contributed by atoms with Crippen LogP contribution in [0.25, 0.3) is 0 Å². The number of anilines is 1. The molecule has 4 nitrogen and oxygen atoms in total. The molecule has 1 unspecified atom stereocenters. The Hall–Kier alpha value is -1.55. The summed E-state index contributed by atoms with van der Waals surface area (Å²) in [5, 5.41) is 3.18. The van der Waals surface area contributed by atoms with Crippen molar-refractivity contribution in [2.75, 3.05) is 32.0 Å². The van der Waals surface area contributed by atoms with Crippen molar-refractivity contribution in [1.29, 1.82) is 0 Å². The molecule has 0 aliphatic carbocycles. The van der Waals surface area contributed by atoms with Gasteiger partial charge < -0.3 is 16.0 Å². The fraction of sp³-hybridized carbons (Fsp3) is 0.562. The predicted molar refractivity (Wildman–Crippen MR) is 86.2 cm³/mol. The molecule has 20 heavy (non-hydrogen) atoms. The Labute approximate surface area is 122 Å². The molecule has 0 radical (unpaired) electrons. The molecule has 1 atom stereocenters. The summed E-state index contributed by atoms with van der Waals surface area (Å²) in [5.41, 5.74) is 8.30. The SMILES string of the molecule is CCc1cccc(NC(N)=NCC2CCCN(C)C2)c1. The van der Waals surface area contributed by atoms with Crippen molar-refractivity contribution in [3.63, 3.8) is 0 Å². The van der Waals surface area contributed by atoms with Crippen LogP contribution < -0.4 is 11.1 Å². The van der Waals surface area contributed by atoms with Crippen molar-refractivity contribution in [3.05, 3.63) is 29.8 Å². The molecule has 4 heteroatoms. The van der Waals surface area contributed by atoms with Gasteiger partial charge in [-0.25, -0.2) is 0 Å². The number of aryl methyl sites for hydroxylation is 1. The number of guanidine groups is 1. The highest BCUT2D eigenvalue weighted by atomic mass is 15.1. The van der Waals surface area contributed by atoms with Gasteiger partial charge in [-0.3, -0.25) is 4.99 Å². The summed E-state index contributed by atoms with van der Waals surface area (Å²) in [6.45, 7) is 5.30. The fourth-order valence-electron chi connectivity index (χ4n) is 2.71. The molecule has 0 saturated carbocycles. The largest absolute Gasteiger partial charge is 0.370 e. The van der Waals surface area contributed by atoms with E-state index in [4.69, 9.17) is 5.73 Å². The maximum Gasteiger partial charge on any atom is 0.193 e. The van der Waals surface area contributed by atoms with Crippen LogP contribution in [0.3, 0.4) is 0 Å². The Morgan fingerprint density at radius 3 is 3.10 bits per heavy atom. The van der Waals surface area contributed by atoms with E-state index in [0.717, 1.165) is 25.2 Å². The van der Waals surface area contributed by atoms with Gasteiger partial charge in [-0.2, -0.15) is 0 Å². The minimum atomic E-state index is 0.520. The van der Waals surface area contributed by atoms with Gasteiger partial charge in [-0.1, -0.05) is 19.1 Å². The molecule has 0 amide bonds. The first-order valence-electron chi connectivity index (χ1n) is 7.51. The zero-order chi connectivity index (χ0) is 14.4. The van der Waals surface area contributed by atoms with E-state index in [0.29, 0.717) is 11.9 Å². The highest BCUT2D eigenvalue weighted by Crippen LogP contribution is 2.15. The van der Waals surface area contributed by atoms with Crippen LogP contribution in [0.4, 0.5) is 5.69 Å². The number of nitrogens with one attached hydrogen (secondary N) is 1. The Balaban J connectivity index is 1.86. The molecule has 0 spiro atoms. The van der Waals surface area contributed by atoms with Gasteiger partial charge in [0.15, 0.2) is 5.96 Å². The normalized spacial score (nSPS) is 20.9. The summed E-state index contributed by atoms with van der Waals surface area (Å²) in [6, 6.07) is 8.31. The lowest BCUT2D eigenvalue weighted by atomic mass is 9.99. The van der Waals surface area contributed by atoms with Gasteiger partial charge in [0.2, 0.25) is 0 Å². The Kier molecular flexibility index (Phi) is 5.41. The zero-order valence-corrected chi connectivity index (χ0v) is 12.6. The molecular weight excluding hydrogens is 248 g/mol. The Morgan fingerprint density at radius 2 is 2.35 bits per heavy atom. The van der Waals surface area contributed by atoms with E-state index in [1.165, 1.54) is 24.9 Å². The van der Waals surface area contributed by atoms with Gasteiger partial charge in [0, 0.05) is 18.8 Å². The zero-order valence-electron chi connectivity index (χ0n) is 12.6. The molecule has 1 heterocycles. The van der Waals surface area contributed by atoms with E-state index < -0.39 is 0 Å². The summed E-state index contributed by atoms with van der Waals surface area (Å²) in [5.74, 6) is 1.16. The van der Waals surface area contributed by atoms with E-state index >= 15 is 0 Å². The molecule has 2 rings (SSSR count). The smallest absolute Gasteiger partial charge is 0.193 e. The van der Waals surface area contributed by atoms with Crippen molar-refractivity contribution in [2.24, 2.45) is 16.6 Å². The van der Waals surface area contributed by atoms with Crippen molar-refractivity contribution < 1.29 is 0 Å². The summed E-state index contributed by atoms with van der Waals surface area (Å²) >= 11 is 0. The topological polar surface area (TPSA) is 53.6 Å². The van der Waals surface area contributed by atoms with E-state index in [-0.39, 0.29) is 0 Å². The molecule has 0 aromatic heterocycles. The number of hydrogen-bond acceptors (Lipinski definition) is 2. The average Bonchev–Trinajstić information content (AvgIpc) is 2.45. The summed E-state index contributed by atoms with van der Waals surface area (Å²) in [7, 11) is 2.17. The lowest BCUT2D eigenvalue weighted by molar-refractivity contribution is 0.214. The number of benzene rings is 1. The molecule has 1 saturated heterocycles. The lowest BCUT2D eigenvalue weighted by Gasteiger charge is -2.28.